The molecular formula is C19H20N2O6. The molecule has 0 aliphatic rings. The number of carbonyl (C=O) groups is 2. The quantitative estimate of drug-likeness (QED) is 0.410. The van der Waals surface area contributed by atoms with Crippen LogP contribution in [0.5, 0.6) is 0 Å². The van der Waals surface area contributed by atoms with E-state index in [9.17, 15) is 19.7 Å². The summed E-state index contributed by atoms with van der Waals surface area (Å²) in [7, 11) is 1.23. The number of amides is 1. The monoisotopic (exact) mass is 372 g/mol. The van der Waals surface area contributed by atoms with E-state index in [1.54, 1.807) is 0 Å². The molecule has 0 radical (unpaired) electrons. The molecule has 0 aliphatic heterocycles. The molecule has 0 heterocycles. The minimum atomic E-state index is -0.913. The van der Waals surface area contributed by atoms with Gasteiger partial charge >= 0.3 is 5.97 Å². The highest BCUT2D eigenvalue weighted by Gasteiger charge is 2.22. The van der Waals surface area contributed by atoms with Gasteiger partial charge in [0.1, 0.15) is 12.6 Å². The van der Waals surface area contributed by atoms with Gasteiger partial charge in [-0.25, -0.2) is 4.79 Å². The van der Waals surface area contributed by atoms with E-state index in [0.717, 1.165) is 5.56 Å². The Bertz CT molecular complexity index is 777. The average Bonchev–Trinajstić information content (AvgIpc) is 2.68. The minimum absolute atomic E-state index is 0.0493. The molecule has 27 heavy (non-hydrogen) atoms. The zero-order chi connectivity index (χ0) is 19.6. The molecule has 142 valence electrons. The van der Waals surface area contributed by atoms with Crippen molar-refractivity contribution in [1.29, 1.82) is 0 Å². The number of nitro benzene ring substituents is 1. The van der Waals surface area contributed by atoms with Gasteiger partial charge in [-0.3, -0.25) is 14.9 Å². The highest BCUT2D eigenvalue weighted by Crippen LogP contribution is 2.13. The molecule has 0 aliphatic carbocycles. The van der Waals surface area contributed by atoms with Gasteiger partial charge in [-0.05, 0) is 11.1 Å². The molecule has 2 aromatic carbocycles. The van der Waals surface area contributed by atoms with E-state index in [2.05, 4.69) is 5.32 Å². The Kier molecular flexibility index (Phi) is 7.45. The predicted molar refractivity (Wildman–Crippen MR) is 96.8 cm³/mol. The summed E-state index contributed by atoms with van der Waals surface area (Å²) < 4.78 is 10.1. The molecular weight excluding hydrogens is 352 g/mol. The summed E-state index contributed by atoms with van der Waals surface area (Å²) in [5.74, 6) is -1.06. The van der Waals surface area contributed by atoms with Crippen LogP contribution in [0.2, 0.25) is 0 Å². The SMILES string of the molecule is COC(=O)[C@H](Cc1ccc([N+](=O)[O-])cc1)NC(=O)COCc1ccccc1. The van der Waals surface area contributed by atoms with E-state index in [0.29, 0.717) is 5.56 Å². The molecule has 1 amide bonds. The maximum atomic E-state index is 12.1. The fourth-order valence-electron chi connectivity index (χ4n) is 2.40. The lowest BCUT2D eigenvalue weighted by Gasteiger charge is -2.16. The number of hydrogen-bond acceptors (Lipinski definition) is 6. The normalized spacial score (nSPS) is 11.4. The van der Waals surface area contributed by atoms with Crippen molar-refractivity contribution in [1.82, 2.24) is 5.32 Å². The van der Waals surface area contributed by atoms with Gasteiger partial charge in [0.25, 0.3) is 5.69 Å². The number of carbonyl (C=O) groups excluding carboxylic acids is 2. The smallest absolute Gasteiger partial charge is 0.328 e. The number of rotatable bonds is 9. The Morgan fingerprint density at radius 1 is 1.07 bits per heavy atom. The summed E-state index contributed by atoms with van der Waals surface area (Å²) in [5.41, 5.74) is 1.54. The van der Waals surface area contributed by atoms with Crippen LogP contribution in [0.25, 0.3) is 0 Å². The van der Waals surface area contributed by atoms with Crippen molar-refractivity contribution in [2.45, 2.75) is 19.1 Å². The van der Waals surface area contributed by atoms with E-state index >= 15 is 0 Å². The van der Waals surface area contributed by atoms with Gasteiger partial charge in [-0.1, -0.05) is 42.5 Å². The minimum Gasteiger partial charge on any atom is -0.467 e. The number of hydrogen-bond donors (Lipinski definition) is 1. The van der Waals surface area contributed by atoms with Crippen LogP contribution in [0, 0.1) is 10.1 Å². The zero-order valence-electron chi connectivity index (χ0n) is 14.8. The van der Waals surface area contributed by atoms with Gasteiger partial charge < -0.3 is 14.8 Å². The van der Waals surface area contributed by atoms with E-state index in [4.69, 9.17) is 9.47 Å². The average molecular weight is 372 g/mol. The summed E-state index contributed by atoms with van der Waals surface area (Å²) in [4.78, 5) is 34.2. The molecule has 2 aromatic rings. The van der Waals surface area contributed by atoms with Crippen LogP contribution < -0.4 is 5.32 Å². The third-order valence-electron chi connectivity index (χ3n) is 3.75. The first-order valence-corrected chi connectivity index (χ1v) is 8.22. The number of esters is 1. The summed E-state index contributed by atoms with van der Waals surface area (Å²) in [6, 6.07) is 14.2. The summed E-state index contributed by atoms with van der Waals surface area (Å²) in [5, 5.41) is 13.3. The fraction of sp³-hybridized carbons (Fsp3) is 0.263. The van der Waals surface area contributed by atoms with E-state index in [1.165, 1.54) is 31.4 Å². The van der Waals surface area contributed by atoms with Crippen LogP contribution in [-0.4, -0.2) is 36.6 Å². The highest BCUT2D eigenvalue weighted by molar-refractivity contribution is 5.85. The first kappa shape index (κ1) is 20.1. The van der Waals surface area contributed by atoms with Gasteiger partial charge in [-0.15, -0.1) is 0 Å². The van der Waals surface area contributed by atoms with Gasteiger partial charge in [0.2, 0.25) is 5.91 Å². The number of ether oxygens (including phenoxy) is 2. The lowest BCUT2D eigenvalue weighted by atomic mass is 10.1. The second-order valence-electron chi connectivity index (χ2n) is 5.75. The summed E-state index contributed by atoms with van der Waals surface area (Å²) in [6.45, 7) is 0.0716. The third-order valence-corrected chi connectivity index (χ3v) is 3.75. The summed E-state index contributed by atoms with van der Waals surface area (Å²) >= 11 is 0. The van der Waals surface area contributed by atoms with Crippen LogP contribution >= 0.6 is 0 Å². The highest BCUT2D eigenvalue weighted by atomic mass is 16.6. The molecule has 0 saturated heterocycles. The van der Waals surface area contributed by atoms with Crippen molar-refractivity contribution in [2.24, 2.45) is 0 Å². The van der Waals surface area contributed by atoms with Crippen molar-refractivity contribution in [3.8, 4) is 0 Å². The van der Waals surface area contributed by atoms with Crippen LogP contribution in [0.4, 0.5) is 5.69 Å². The van der Waals surface area contributed by atoms with E-state index in [1.807, 2.05) is 30.3 Å². The third kappa shape index (κ3) is 6.52. The van der Waals surface area contributed by atoms with Gasteiger partial charge in [-0.2, -0.15) is 0 Å². The second-order valence-corrected chi connectivity index (χ2v) is 5.75. The largest absolute Gasteiger partial charge is 0.467 e. The Labute approximate surface area is 156 Å². The maximum Gasteiger partial charge on any atom is 0.328 e. The molecule has 0 bridgehead atoms. The molecule has 0 spiro atoms. The van der Waals surface area contributed by atoms with E-state index in [-0.39, 0.29) is 25.3 Å². The van der Waals surface area contributed by atoms with Crippen molar-refractivity contribution in [3.63, 3.8) is 0 Å². The Balaban J connectivity index is 1.90. The number of non-ortho nitro benzene ring substituents is 1. The number of nitrogens with zero attached hydrogens (tertiary/aromatic N) is 1. The van der Waals surface area contributed by atoms with Crippen molar-refractivity contribution in [2.75, 3.05) is 13.7 Å². The number of nitrogens with one attached hydrogen (secondary N) is 1. The topological polar surface area (TPSA) is 108 Å². The summed E-state index contributed by atoms with van der Waals surface area (Å²) in [6.07, 6.45) is 0.148. The molecule has 8 heteroatoms. The van der Waals surface area contributed by atoms with Crippen LogP contribution in [0.15, 0.2) is 54.6 Å². The molecule has 0 fully saturated rings. The molecule has 8 nitrogen and oxygen atoms in total. The van der Waals surface area contributed by atoms with Crippen LogP contribution in [-0.2, 0) is 32.1 Å². The fourth-order valence-corrected chi connectivity index (χ4v) is 2.40. The van der Waals surface area contributed by atoms with Crippen molar-refractivity contribution in [3.05, 3.63) is 75.8 Å². The molecule has 0 unspecified atom stereocenters. The first-order chi connectivity index (χ1) is 13.0. The number of methoxy groups -OCH3 is 1. The first-order valence-electron chi connectivity index (χ1n) is 8.22. The van der Waals surface area contributed by atoms with Gasteiger partial charge in [0.05, 0.1) is 18.6 Å². The van der Waals surface area contributed by atoms with Gasteiger partial charge in [0, 0.05) is 18.6 Å². The predicted octanol–water partition coefficient (Wildman–Crippen LogP) is 2.01. The van der Waals surface area contributed by atoms with Crippen LogP contribution in [0.1, 0.15) is 11.1 Å². The second kappa shape index (κ2) is 10.0. The standard InChI is InChI=1S/C19H20N2O6/c1-26-19(23)17(11-14-7-9-16(10-8-14)21(24)25)20-18(22)13-27-12-15-5-3-2-4-6-15/h2-10,17H,11-13H2,1H3,(H,20,22)/t17-/m0/s1. The maximum absolute atomic E-state index is 12.1. The lowest BCUT2D eigenvalue weighted by molar-refractivity contribution is -0.384. The number of benzene rings is 2. The Hall–Kier alpha value is -3.26. The van der Waals surface area contributed by atoms with Crippen molar-refractivity contribution < 1.29 is 24.0 Å². The molecule has 1 N–H and O–H groups in total. The van der Waals surface area contributed by atoms with Gasteiger partial charge in [0.15, 0.2) is 0 Å². The van der Waals surface area contributed by atoms with Crippen molar-refractivity contribution >= 4 is 17.6 Å². The zero-order valence-corrected chi connectivity index (χ0v) is 14.8. The number of nitro groups is 1. The Morgan fingerprint density at radius 3 is 2.33 bits per heavy atom. The Morgan fingerprint density at radius 2 is 1.74 bits per heavy atom. The molecule has 2 rings (SSSR count). The molecule has 0 aromatic heterocycles. The lowest BCUT2D eigenvalue weighted by Crippen LogP contribution is -2.44. The van der Waals surface area contributed by atoms with Crippen LogP contribution in [0.3, 0.4) is 0 Å². The molecule has 0 saturated carbocycles. The van der Waals surface area contributed by atoms with E-state index < -0.39 is 22.8 Å². The molecule has 1 atom stereocenters.